The first-order valence-corrected chi connectivity index (χ1v) is 5.64. The van der Waals surface area contributed by atoms with Crippen molar-refractivity contribution in [3.8, 4) is 17.0 Å². The highest BCUT2D eigenvalue weighted by Crippen LogP contribution is 2.31. The summed E-state index contributed by atoms with van der Waals surface area (Å²) >= 11 is 0. The molecule has 3 N–H and O–H groups in total. The number of hydrogen-bond acceptors (Lipinski definition) is 3. The number of carboxylic acids is 1. The second kappa shape index (κ2) is 3.88. The number of aromatic amines is 1. The monoisotopic (exact) mass is 257 g/mol. The summed E-state index contributed by atoms with van der Waals surface area (Å²) in [5.41, 5.74) is 2.33. The predicted molar refractivity (Wildman–Crippen MR) is 69.1 cm³/mol. The van der Waals surface area contributed by atoms with Crippen molar-refractivity contribution in [2.24, 2.45) is 7.05 Å². The third-order valence-corrected chi connectivity index (χ3v) is 3.04. The van der Waals surface area contributed by atoms with E-state index in [0.717, 1.165) is 16.5 Å². The van der Waals surface area contributed by atoms with Crippen LogP contribution in [0, 0.1) is 0 Å². The molecular formula is C13H11N3O3. The van der Waals surface area contributed by atoms with Gasteiger partial charge in [-0.2, -0.15) is 5.10 Å². The lowest BCUT2D eigenvalue weighted by molar-refractivity contribution is 0.0689. The van der Waals surface area contributed by atoms with E-state index in [1.54, 1.807) is 31.4 Å². The van der Waals surface area contributed by atoms with E-state index in [-0.39, 0.29) is 11.4 Å². The molecule has 0 spiro atoms. The van der Waals surface area contributed by atoms with Crippen LogP contribution >= 0.6 is 0 Å². The molecule has 0 saturated heterocycles. The normalized spacial score (nSPS) is 11.0. The van der Waals surface area contributed by atoms with E-state index in [1.807, 2.05) is 0 Å². The van der Waals surface area contributed by atoms with Crippen molar-refractivity contribution in [2.75, 3.05) is 0 Å². The topological polar surface area (TPSA) is 91.1 Å². The Morgan fingerprint density at radius 2 is 2.16 bits per heavy atom. The average molecular weight is 257 g/mol. The Balaban J connectivity index is 2.24. The molecule has 19 heavy (non-hydrogen) atoms. The summed E-state index contributed by atoms with van der Waals surface area (Å²) in [5.74, 6) is -0.904. The van der Waals surface area contributed by atoms with Crippen LogP contribution in [0.25, 0.3) is 22.2 Å². The summed E-state index contributed by atoms with van der Waals surface area (Å²) in [4.78, 5) is 14.0. The molecule has 6 nitrogen and oxygen atoms in total. The SMILES string of the molecule is Cn1nc(C(=O)O)cc1-c1c[nH]c2ccc(O)cc12. The van der Waals surface area contributed by atoms with Crippen molar-refractivity contribution in [1.82, 2.24) is 14.8 Å². The number of carboxylic acid groups (broad SMARTS) is 1. The molecule has 6 heteroatoms. The molecule has 0 amide bonds. The summed E-state index contributed by atoms with van der Waals surface area (Å²) in [6.07, 6.45) is 1.77. The van der Waals surface area contributed by atoms with E-state index in [0.29, 0.717) is 5.69 Å². The fourth-order valence-electron chi connectivity index (χ4n) is 2.14. The van der Waals surface area contributed by atoms with Crippen LogP contribution in [0.1, 0.15) is 10.5 Å². The Kier molecular flexibility index (Phi) is 2.31. The summed E-state index contributed by atoms with van der Waals surface area (Å²) in [7, 11) is 1.68. The first-order valence-electron chi connectivity index (χ1n) is 5.64. The minimum absolute atomic E-state index is 0.00740. The van der Waals surface area contributed by atoms with Crippen LogP contribution in [0.3, 0.4) is 0 Å². The lowest BCUT2D eigenvalue weighted by Gasteiger charge is -2.00. The number of nitrogens with zero attached hydrogens (tertiary/aromatic N) is 2. The van der Waals surface area contributed by atoms with Crippen molar-refractivity contribution in [1.29, 1.82) is 0 Å². The zero-order valence-electron chi connectivity index (χ0n) is 10.1. The van der Waals surface area contributed by atoms with Crippen molar-refractivity contribution < 1.29 is 15.0 Å². The quantitative estimate of drug-likeness (QED) is 0.654. The first-order chi connectivity index (χ1) is 9.06. The summed E-state index contributed by atoms with van der Waals surface area (Å²) in [6, 6.07) is 6.50. The Bertz CT molecular complexity index is 786. The molecule has 0 aliphatic heterocycles. The van der Waals surface area contributed by atoms with Gasteiger partial charge < -0.3 is 15.2 Å². The molecule has 0 aliphatic carbocycles. The second-order valence-electron chi connectivity index (χ2n) is 4.28. The van der Waals surface area contributed by atoms with Crippen LogP contribution in [0.2, 0.25) is 0 Å². The number of H-pyrrole nitrogens is 1. The van der Waals surface area contributed by atoms with Gasteiger partial charge >= 0.3 is 5.97 Å². The Hall–Kier alpha value is -2.76. The van der Waals surface area contributed by atoms with Gasteiger partial charge in [0.15, 0.2) is 5.69 Å². The predicted octanol–water partition coefficient (Wildman–Crippen LogP) is 1.97. The number of fused-ring (bicyclic) bond motifs is 1. The maximum absolute atomic E-state index is 10.9. The molecular weight excluding hydrogens is 246 g/mol. The van der Waals surface area contributed by atoms with Crippen LogP contribution in [0.5, 0.6) is 5.75 Å². The molecule has 96 valence electrons. The largest absolute Gasteiger partial charge is 0.508 e. The second-order valence-corrected chi connectivity index (χ2v) is 4.28. The first kappa shape index (κ1) is 11.3. The highest BCUT2D eigenvalue weighted by atomic mass is 16.4. The van der Waals surface area contributed by atoms with Crippen LogP contribution in [-0.2, 0) is 7.05 Å². The van der Waals surface area contributed by atoms with Gasteiger partial charge in [0, 0.05) is 29.7 Å². The average Bonchev–Trinajstić information content (AvgIpc) is 2.92. The zero-order chi connectivity index (χ0) is 13.6. The smallest absolute Gasteiger partial charge is 0.356 e. The van der Waals surface area contributed by atoms with Gasteiger partial charge in [0.25, 0.3) is 0 Å². The maximum Gasteiger partial charge on any atom is 0.356 e. The molecule has 0 radical (unpaired) electrons. The number of aromatic nitrogens is 3. The Labute approximate surface area is 107 Å². The van der Waals surface area contributed by atoms with Gasteiger partial charge in [0.1, 0.15) is 5.75 Å². The molecule has 0 saturated carbocycles. The Morgan fingerprint density at radius 1 is 1.37 bits per heavy atom. The van der Waals surface area contributed by atoms with E-state index >= 15 is 0 Å². The molecule has 1 aromatic carbocycles. The van der Waals surface area contributed by atoms with Gasteiger partial charge in [-0.15, -0.1) is 0 Å². The highest BCUT2D eigenvalue weighted by molar-refractivity contribution is 5.96. The van der Waals surface area contributed by atoms with Gasteiger partial charge in [0.2, 0.25) is 0 Å². The number of aromatic hydroxyl groups is 1. The molecule has 2 heterocycles. The standard InChI is InChI=1S/C13H11N3O3/c1-16-12(5-11(15-16)13(18)19)9-6-14-10-3-2-7(17)4-8(9)10/h2-6,14,17H,1H3,(H,18,19). The van der Waals surface area contributed by atoms with Crippen LogP contribution in [0.15, 0.2) is 30.5 Å². The lowest BCUT2D eigenvalue weighted by atomic mass is 10.1. The van der Waals surface area contributed by atoms with E-state index in [2.05, 4.69) is 10.1 Å². The van der Waals surface area contributed by atoms with Crippen LogP contribution < -0.4 is 0 Å². The van der Waals surface area contributed by atoms with Crippen molar-refractivity contribution >= 4 is 16.9 Å². The number of aryl methyl sites for hydroxylation is 1. The minimum atomic E-state index is -1.07. The van der Waals surface area contributed by atoms with E-state index in [1.165, 1.54) is 10.7 Å². The number of hydrogen-bond donors (Lipinski definition) is 3. The van der Waals surface area contributed by atoms with Crippen molar-refractivity contribution in [3.63, 3.8) is 0 Å². The number of phenols is 1. The number of rotatable bonds is 2. The van der Waals surface area contributed by atoms with E-state index in [4.69, 9.17) is 5.11 Å². The summed E-state index contributed by atoms with van der Waals surface area (Å²) < 4.78 is 1.51. The van der Waals surface area contributed by atoms with Crippen molar-refractivity contribution in [3.05, 3.63) is 36.2 Å². The van der Waals surface area contributed by atoms with E-state index < -0.39 is 5.97 Å². The van der Waals surface area contributed by atoms with Gasteiger partial charge in [-0.05, 0) is 24.3 Å². The highest BCUT2D eigenvalue weighted by Gasteiger charge is 2.15. The summed E-state index contributed by atoms with van der Waals surface area (Å²) in [6.45, 7) is 0. The number of carbonyl (C=O) groups is 1. The van der Waals surface area contributed by atoms with Gasteiger partial charge in [-0.3, -0.25) is 4.68 Å². The molecule has 0 atom stereocenters. The molecule has 0 aliphatic rings. The third-order valence-electron chi connectivity index (χ3n) is 3.04. The fraction of sp³-hybridized carbons (Fsp3) is 0.0769. The molecule has 0 unspecified atom stereocenters. The fourth-order valence-corrected chi connectivity index (χ4v) is 2.14. The molecule has 3 rings (SSSR count). The van der Waals surface area contributed by atoms with Crippen LogP contribution in [0.4, 0.5) is 0 Å². The molecule has 3 aromatic rings. The Morgan fingerprint density at radius 3 is 2.84 bits per heavy atom. The third kappa shape index (κ3) is 1.74. The zero-order valence-corrected chi connectivity index (χ0v) is 10.1. The lowest BCUT2D eigenvalue weighted by Crippen LogP contribution is -1.99. The van der Waals surface area contributed by atoms with Gasteiger partial charge in [0.05, 0.1) is 5.69 Å². The summed E-state index contributed by atoms with van der Waals surface area (Å²) in [5, 5.41) is 23.3. The van der Waals surface area contributed by atoms with Crippen LogP contribution in [-0.4, -0.2) is 30.9 Å². The van der Waals surface area contributed by atoms with Gasteiger partial charge in [-0.25, -0.2) is 4.79 Å². The van der Waals surface area contributed by atoms with Crippen molar-refractivity contribution in [2.45, 2.75) is 0 Å². The van der Waals surface area contributed by atoms with E-state index in [9.17, 15) is 9.90 Å². The maximum atomic E-state index is 10.9. The number of nitrogens with one attached hydrogen (secondary N) is 1. The number of aromatic carboxylic acids is 1. The van der Waals surface area contributed by atoms with Gasteiger partial charge in [-0.1, -0.05) is 0 Å². The number of benzene rings is 1. The minimum Gasteiger partial charge on any atom is -0.508 e. The molecule has 0 fully saturated rings. The molecule has 2 aromatic heterocycles. The molecule has 0 bridgehead atoms. The number of phenolic OH excluding ortho intramolecular Hbond substituents is 1.